The van der Waals surface area contributed by atoms with Crippen molar-refractivity contribution in [1.82, 2.24) is 9.78 Å². The Morgan fingerprint density at radius 1 is 1.00 bits per heavy atom. The van der Waals surface area contributed by atoms with Gasteiger partial charge in [-0.25, -0.2) is 4.68 Å². The van der Waals surface area contributed by atoms with Gasteiger partial charge >= 0.3 is 0 Å². The summed E-state index contributed by atoms with van der Waals surface area (Å²) in [5, 5.41) is 3.32. The molecule has 3 aromatic rings. The molecule has 0 amide bonds. The largest absolute Gasteiger partial charge is 0.294 e. The quantitative estimate of drug-likeness (QED) is 0.741. The minimum atomic E-state index is 0.0196. The van der Waals surface area contributed by atoms with Crippen LogP contribution >= 0.6 is 0 Å². The lowest BCUT2D eigenvalue weighted by Gasteiger charge is -2.02. The Morgan fingerprint density at radius 3 is 2.35 bits per heavy atom. The summed E-state index contributed by atoms with van der Waals surface area (Å²) in [6.45, 7) is 4.21. The van der Waals surface area contributed by atoms with Crippen molar-refractivity contribution in [2.45, 2.75) is 33.1 Å². The second-order valence-corrected chi connectivity index (χ2v) is 5.91. The van der Waals surface area contributed by atoms with E-state index in [1.165, 1.54) is 5.56 Å². The molecule has 2 aromatic carbocycles. The highest BCUT2D eigenvalue weighted by Crippen LogP contribution is 2.21. The summed E-state index contributed by atoms with van der Waals surface area (Å²) >= 11 is 0. The van der Waals surface area contributed by atoms with Crippen LogP contribution in [0.1, 0.15) is 31.0 Å². The zero-order valence-electron chi connectivity index (χ0n) is 13.7. The molecule has 0 radical (unpaired) electrons. The van der Waals surface area contributed by atoms with E-state index in [-0.39, 0.29) is 5.56 Å². The maximum atomic E-state index is 13.0. The van der Waals surface area contributed by atoms with Crippen molar-refractivity contribution in [2.24, 2.45) is 0 Å². The summed E-state index contributed by atoms with van der Waals surface area (Å²) in [6, 6.07) is 17.9. The predicted molar refractivity (Wildman–Crippen MR) is 95.2 cm³/mol. The summed E-state index contributed by atoms with van der Waals surface area (Å²) in [7, 11) is 0. The number of aromatic nitrogens is 2. The van der Waals surface area contributed by atoms with E-state index in [0.717, 1.165) is 41.8 Å². The molecule has 118 valence electrons. The molecule has 0 bridgehead atoms. The van der Waals surface area contributed by atoms with Crippen LogP contribution in [0.2, 0.25) is 0 Å². The highest BCUT2D eigenvalue weighted by molar-refractivity contribution is 5.65. The van der Waals surface area contributed by atoms with E-state index >= 15 is 0 Å². The number of unbranched alkanes of at least 4 members (excludes halogenated alkanes) is 1. The minimum absolute atomic E-state index is 0.0196. The molecule has 0 atom stereocenters. The van der Waals surface area contributed by atoms with Crippen molar-refractivity contribution in [3.8, 4) is 16.8 Å². The van der Waals surface area contributed by atoms with Gasteiger partial charge in [-0.3, -0.25) is 9.89 Å². The Kier molecular flexibility index (Phi) is 4.47. The number of nitrogens with zero attached hydrogens (tertiary/aromatic N) is 1. The van der Waals surface area contributed by atoms with E-state index in [1.807, 2.05) is 61.5 Å². The number of aryl methyl sites for hydroxylation is 2. The summed E-state index contributed by atoms with van der Waals surface area (Å²) < 4.78 is 1.66. The Bertz CT molecular complexity index is 826. The number of aromatic amines is 1. The van der Waals surface area contributed by atoms with E-state index in [9.17, 15) is 4.79 Å². The zero-order valence-corrected chi connectivity index (χ0v) is 13.7. The number of benzene rings is 2. The van der Waals surface area contributed by atoms with Gasteiger partial charge in [-0.2, -0.15) is 0 Å². The van der Waals surface area contributed by atoms with Crippen molar-refractivity contribution in [3.63, 3.8) is 0 Å². The van der Waals surface area contributed by atoms with Crippen molar-refractivity contribution >= 4 is 0 Å². The third-order valence-corrected chi connectivity index (χ3v) is 4.10. The molecule has 0 aliphatic heterocycles. The van der Waals surface area contributed by atoms with Gasteiger partial charge in [0, 0.05) is 5.69 Å². The van der Waals surface area contributed by atoms with Gasteiger partial charge < -0.3 is 0 Å². The van der Waals surface area contributed by atoms with Crippen molar-refractivity contribution < 1.29 is 0 Å². The lowest BCUT2D eigenvalue weighted by Crippen LogP contribution is -2.15. The predicted octanol–water partition coefficient (Wildman–Crippen LogP) is 4.48. The number of nitrogens with one attached hydrogen (secondary N) is 1. The second kappa shape index (κ2) is 6.69. The first-order valence-electron chi connectivity index (χ1n) is 8.17. The molecule has 3 rings (SSSR count). The van der Waals surface area contributed by atoms with E-state index in [2.05, 4.69) is 12.0 Å². The molecule has 0 saturated carbocycles. The summed E-state index contributed by atoms with van der Waals surface area (Å²) in [5.41, 5.74) is 4.86. The molecule has 0 fully saturated rings. The molecule has 0 unspecified atom stereocenters. The van der Waals surface area contributed by atoms with Crippen LogP contribution in [-0.4, -0.2) is 9.78 Å². The lowest BCUT2D eigenvalue weighted by molar-refractivity contribution is 0.748. The first kappa shape index (κ1) is 15.3. The van der Waals surface area contributed by atoms with Gasteiger partial charge in [0.1, 0.15) is 0 Å². The standard InChI is InChI=1S/C20H22N2O/c1-3-4-10-18-19(16-8-6-5-7-9-16)20(23)22(21-18)17-13-11-15(2)12-14-17/h5-9,11-14,21H,3-4,10H2,1-2H3. The molecular formula is C20H22N2O. The van der Waals surface area contributed by atoms with Gasteiger partial charge in [0.15, 0.2) is 0 Å². The number of H-pyrrole nitrogens is 1. The monoisotopic (exact) mass is 306 g/mol. The van der Waals surface area contributed by atoms with E-state index < -0.39 is 0 Å². The molecule has 0 spiro atoms. The third kappa shape index (κ3) is 3.14. The van der Waals surface area contributed by atoms with E-state index in [4.69, 9.17) is 0 Å². The summed E-state index contributed by atoms with van der Waals surface area (Å²) in [5.74, 6) is 0. The van der Waals surface area contributed by atoms with Gasteiger partial charge in [-0.15, -0.1) is 0 Å². The molecule has 23 heavy (non-hydrogen) atoms. The van der Waals surface area contributed by atoms with Crippen LogP contribution in [0.25, 0.3) is 16.8 Å². The number of hydrogen-bond donors (Lipinski definition) is 1. The van der Waals surface area contributed by atoms with Crippen molar-refractivity contribution in [1.29, 1.82) is 0 Å². The molecule has 0 saturated heterocycles. The zero-order chi connectivity index (χ0) is 16.2. The van der Waals surface area contributed by atoms with Crippen LogP contribution in [0.5, 0.6) is 0 Å². The molecule has 0 aliphatic carbocycles. The number of hydrogen-bond acceptors (Lipinski definition) is 1. The maximum Gasteiger partial charge on any atom is 0.279 e. The van der Waals surface area contributed by atoms with E-state index in [1.54, 1.807) is 4.68 Å². The van der Waals surface area contributed by atoms with Crippen LogP contribution < -0.4 is 5.56 Å². The molecule has 1 heterocycles. The van der Waals surface area contributed by atoms with Gasteiger partial charge in [0.25, 0.3) is 5.56 Å². The molecular weight excluding hydrogens is 284 g/mol. The van der Waals surface area contributed by atoms with Gasteiger partial charge in [-0.05, 0) is 37.5 Å². The van der Waals surface area contributed by atoms with Crippen molar-refractivity contribution in [2.75, 3.05) is 0 Å². The fourth-order valence-corrected chi connectivity index (χ4v) is 2.80. The minimum Gasteiger partial charge on any atom is -0.294 e. The van der Waals surface area contributed by atoms with Crippen LogP contribution in [-0.2, 0) is 6.42 Å². The lowest BCUT2D eigenvalue weighted by atomic mass is 10.0. The summed E-state index contributed by atoms with van der Waals surface area (Å²) in [6.07, 6.45) is 3.05. The molecule has 3 nitrogen and oxygen atoms in total. The maximum absolute atomic E-state index is 13.0. The van der Waals surface area contributed by atoms with Crippen molar-refractivity contribution in [3.05, 3.63) is 76.2 Å². The van der Waals surface area contributed by atoms with E-state index in [0.29, 0.717) is 0 Å². The average molecular weight is 306 g/mol. The van der Waals surface area contributed by atoms with Crippen LogP contribution in [0, 0.1) is 6.92 Å². The molecule has 1 aromatic heterocycles. The highest BCUT2D eigenvalue weighted by Gasteiger charge is 2.16. The van der Waals surface area contributed by atoms with Gasteiger partial charge in [-0.1, -0.05) is 61.4 Å². The Hall–Kier alpha value is -2.55. The molecule has 3 heteroatoms. The second-order valence-electron chi connectivity index (χ2n) is 5.91. The van der Waals surface area contributed by atoms with Crippen LogP contribution in [0.3, 0.4) is 0 Å². The summed E-state index contributed by atoms with van der Waals surface area (Å²) in [4.78, 5) is 13.0. The first-order valence-corrected chi connectivity index (χ1v) is 8.17. The number of rotatable bonds is 5. The third-order valence-electron chi connectivity index (χ3n) is 4.10. The smallest absolute Gasteiger partial charge is 0.279 e. The Morgan fingerprint density at radius 2 is 1.70 bits per heavy atom. The first-order chi connectivity index (χ1) is 11.2. The average Bonchev–Trinajstić information content (AvgIpc) is 2.91. The molecule has 1 N–H and O–H groups in total. The van der Waals surface area contributed by atoms with Gasteiger partial charge in [0.05, 0.1) is 11.3 Å². The fourth-order valence-electron chi connectivity index (χ4n) is 2.80. The SMILES string of the molecule is CCCCc1[nH]n(-c2ccc(C)cc2)c(=O)c1-c1ccccc1. The van der Waals surface area contributed by atoms with Gasteiger partial charge in [0.2, 0.25) is 0 Å². The molecule has 0 aliphatic rings. The Labute approximate surface area is 136 Å². The Balaban J connectivity index is 2.14. The topological polar surface area (TPSA) is 37.8 Å². The highest BCUT2D eigenvalue weighted by atomic mass is 16.1. The normalized spacial score (nSPS) is 10.9. The van der Waals surface area contributed by atoms with Crippen LogP contribution in [0.15, 0.2) is 59.4 Å². The van der Waals surface area contributed by atoms with Crippen LogP contribution in [0.4, 0.5) is 0 Å². The fraction of sp³-hybridized carbons (Fsp3) is 0.250.